The third-order valence-electron chi connectivity index (χ3n) is 6.33. The van der Waals surface area contributed by atoms with Gasteiger partial charge in [-0.15, -0.1) is 0 Å². The number of fused-ring (bicyclic) bond motifs is 1. The van der Waals surface area contributed by atoms with Crippen LogP contribution in [0.4, 0.5) is 5.69 Å². The Labute approximate surface area is 215 Å². The number of piperazine rings is 1. The summed E-state index contributed by atoms with van der Waals surface area (Å²) in [5.41, 5.74) is 0.487. The third kappa shape index (κ3) is 5.98. The number of ether oxygens (including phenoxy) is 1. The van der Waals surface area contributed by atoms with Gasteiger partial charge in [0, 0.05) is 25.5 Å². The van der Waals surface area contributed by atoms with Gasteiger partial charge in [0.2, 0.25) is 15.9 Å². The number of halogens is 1. The van der Waals surface area contributed by atoms with Crippen LogP contribution < -0.4 is 4.90 Å². The fourth-order valence-corrected chi connectivity index (χ4v) is 6.29. The van der Waals surface area contributed by atoms with Gasteiger partial charge in [0.1, 0.15) is 6.23 Å². The molecule has 0 bridgehead atoms. The van der Waals surface area contributed by atoms with Crippen molar-refractivity contribution in [2.45, 2.75) is 29.6 Å². The Bertz CT molecular complexity index is 1310. The molecule has 196 valence electrons. The number of carbonyl (C=O) groups is 1. The molecule has 1 amide bonds. The lowest BCUT2D eigenvalue weighted by molar-refractivity contribution is -0.144. The topological polar surface area (TPSA) is 137 Å². The summed E-state index contributed by atoms with van der Waals surface area (Å²) in [6.07, 6.45) is 4.98. The number of anilines is 1. The molecule has 14 heteroatoms. The molecule has 5 rings (SSSR count). The minimum atomic E-state index is -3.75. The average molecular weight is 559 g/mol. The normalized spacial score (nSPS) is 22.2. The van der Waals surface area contributed by atoms with Crippen LogP contribution in [0, 0.1) is 0 Å². The lowest BCUT2D eigenvalue weighted by Crippen LogP contribution is -2.55. The molecule has 3 aliphatic heterocycles. The number of amides is 1. The van der Waals surface area contributed by atoms with E-state index in [1.807, 2.05) is 6.07 Å². The van der Waals surface area contributed by atoms with Crippen LogP contribution in [-0.2, 0) is 29.7 Å². The highest BCUT2D eigenvalue weighted by Crippen LogP contribution is 2.39. The molecule has 3 saturated heterocycles. The van der Waals surface area contributed by atoms with Crippen LogP contribution in [0.15, 0.2) is 53.7 Å². The van der Waals surface area contributed by atoms with Crippen molar-refractivity contribution in [3.8, 4) is 0 Å². The van der Waals surface area contributed by atoms with Gasteiger partial charge in [0.05, 0.1) is 47.1 Å². The van der Waals surface area contributed by atoms with Crippen LogP contribution in [0.2, 0.25) is 5.02 Å². The molecule has 11 nitrogen and oxygen atoms in total. The molecule has 36 heavy (non-hydrogen) atoms. The Kier molecular flexibility index (Phi) is 7.60. The second-order valence-electron chi connectivity index (χ2n) is 8.93. The molecule has 2 aromatic rings. The molecular weight excluding hydrogens is 532 g/mol. The predicted octanol–water partition coefficient (Wildman–Crippen LogP) is 1.47. The van der Waals surface area contributed by atoms with Crippen molar-refractivity contribution < 1.29 is 30.9 Å². The fraction of sp³-hybridized carbons (Fsp3) is 0.455. The monoisotopic (exact) mass is 558 g/mol. The number of carbonyl (C=O) groups excluding carboxylic acids is 1. The maximum Gasteiger partial charge on any atom is 0.261 e. The van der Waals surface area contributed by atoms with Crippen LogP contribution in [-0.4, -0.2) is 92.3 Å². The van der Waals surface area contributed by atoms with Gasteiger partial charge in [-0.25, -0.2) is 8.42 Å². The highest BCUT2D eigenvalue weighted by molar-refractivity contribution is 7.89. The highest BCUT2D eigenvalue weighted by atomic mass is 35.5. The van der Waals surface area contributed by atoms with Gasteiger partial charge >= 0.3 is 0 Å². The first-order chi connectivity index (χ1) is 16.9. The van der Waals surface area contributed by atoms with Gasteiger partial charge in [-0.05, 0) is 31.0 Å². The van der Waals surface area contributed by atoms with Gasteiger partial charge in [-0.1, -0.05) is 29.8 Å². The van der Waals surface area contributed by atoms with Gasteiger partial charge in [-0.3, -0.25) is 14.3 Å². The zero-order chi connectivity index (χ0) is 26.1. The average Bonchev–Trinajstić information content (AvgIpc) is 3.18. The molecule has 1 N–H and O–H groups in total. The highest BCUT2D eigenvalue weighted by Gasteiger charge is 2.52. The number of sulfonamides is 1. The molecule has 4 heterocycles. The van der Waals surface area contributed by atoms with Crippen molar-refractivity contribution in [2.24, 2.45) is 0 Å². The van der Waals surface area contributed by atoms with Crippen molar-refractivity contribution in [1.29, 1.82) is 0 Å². The van der Waals surface area contributed by atoms with E-state index in [0.717, 1.165) is 31.6 Å². The number of piperidine rings is 1. The van der Waals surface area contributed by atoms with Gasteiger partial charge in [0.25, 0.3) is 10.1 Å². The van der Waals surface area contributed by atoms with E-state index in [2.05, 4.69) is 9.88 Å². The van der Waals surface area contributed by atoms with Crippen LogP contribution in [0.25, 0.3) is 0 Å². The summed E-state index contributed by atoms with van der Waals surface area (Å²) in [7, 11) is -7.42. The number of nitrogens with zero attached hydrogens (tertiary/aromatic N) is 4. The van der Waals surface area contributed by atoms with Crippen molar-refractivity contribution in [2.75, 3.05) is 43.9 Å². The van der Waals surface area contributed by atoms with E-state index in [-0.39, 0.29) is 23.9 Å². The number of aromatic nitrogens is 1. The molecule has 0 saturated carbocycles. The summed E-state index contributed by atoms with van der Waals surface area (Å²) in [5, 5.41) is 0.611. The molecule has 1 unspecified atom stereocenters. The number of benzene rings is 1. The van der Waals surface area contributed by atoms with E-state index in [4.69, 9.17) is 20.9 Å². The molecule has 3 fully saturated rings. The molecular formula is C22H27ClN4O7S2. The van der Waals surface area contributed by atoms with Crippen molar-refractivity contribution in [3.05, 3.63) is 53.8 Å². The summed E-state index contributed by atoms with van der Waals surface area (Å²) in [6.45, 7) is 1.96. The standard InChI is InChI=1S/C21H23ClN4O4S.CH4O3S/c22-17-12-23-9-6-18(17)24-10-7-21(8-11-24)15-26-19(27)13-25(14-20(26)30-21)31(28,29)16-4-2-1-3-5-16;1-5(2,3)4/h1-6,9,12,20H,7-8,10-11,13-15H2;1H3,(H,2,3,4). The Hall–Kier alpha value is -2.29. The van der Waals surface area contributed by atoms with E-state index < -0.39 is 32.0 Å². The Morgan fingerprint density at radius 2 is 1.75 bits per heavy atom. The zero-order valence-corrected chi connectivity index (χ0v) is 21.9. The Balaban J connectivity index is 0.000000556. The van der Waals surface area contributed by atoms with E-state index in [9.17, 15) is 21.6 Å². The quantitative estimate of drug-likeness (QED) is 0.555. The first-order valence-electron chi connectivity index (χ1n) is 11.2. The fourth-order valence-electron chi connectivity index (χ4n) is 4.65. The van der Waals surface area contributed by atoms with Crippen molar-refractivity contribution in [1.82, 2.24) is 14.2 Å². The first kappa shape index (κ1) is 26.8. The van der Waals surface area contributed by atoms with Gasteiger partial charge < -0.3 is 14.5 Å². The van der Waals surface area contributed by atoms with Gasteiger partial charge in [-0.2, -0.15) is 12.7 Å². The SMILES string of the molecule is CS(=O)(=O)O.O=C1CN(S(=O)(=O)c2ccccc2)CC2OC3(CCN(c4ccncc4Cl)CC3)CN12. The minimum absolute atomic E-state index is 0.143. The summed E-state index contributed by atoms with van der Waals surface area (Å²) in [5.74, 6) is -0.216. The van der Waals surface area contributed by atoms with Crippen LogP contribution >= 0.6 is 11.6 Å². The molecule has 1 spiro atoms. The Morgan fingerprint density at radius 3 is 2.36 bits per heavy atom. The van der Waals surface area contributed by atoms with E-state index in [1.165, 1.54) is 4.31 Å². The maximum absolute atomic E-state index is 13.0. The Morgan fingerprint density at radius 1 is 1.11 bits per heavy atom. The van der Waals surface area contributed by atoms with E-state index >= 15 is 0 Å². The van der Waals surface area contributed by atoms with Crippen LogP contribution in [0.1, 0.15) is 12.8 Å². The second kappa shape index (κ2) is 10.2. The van der Waals surface area contributed by atoms with E-state index in [0.29, 0.717) is 17.8 Å². The molecule has 1 aromatic carbocycles. The maximum atomic E-state index is 13.0. The number of rotatable bonds is 3. The van der Waals surface area contributed by atoms with E-state index in [1.54, 1.807) is 47.6 Å². The smallest absolute Gasteiger partial charge is 0.261 e. The molecule has 0 radical (unpaired) electrons. The predicted molar refractivity (Wildman–Crippen MR) is 133 cm³/mol. The summed E-state index contributed by atoms with van der Waals surface area (Å²) in [4.78, 5) is 20.9. The number of hydrogen-bond acceptors (Lipinski definition) is 8. The first-order valence-corrected chi connectivity index (χ1v) is 14.8. The molecule has 1 aromatic heterocycles. The largest absolute Gasteiger partial charge is 0.370 e. The molecule has 3 aliphatic rings. The lowest BCUT2D eigenvalue weighted by Gasteiger charge is -2.39. The van der Waals surface area contributed by atoms with Crippen molar-refractivity contribution in [3.63, 3.8) is 0 Å². The zero-order valence-electron chi connectivity index (χ0n) is 19.5. The number of pyridine rings is 1. The third-order valence-corrected chi connectivity index (χ3v) is 8.45. The summed E-state index contributed by atoms with van der Waals surface area (Å²) >= 11 is 6.29. The van der Waals surface area contributed by atoms with Crippen LogP contribution in [0.3, 0.4) is 0 Å². The summed E-state index contributed by atoms with van der Waals surface area (Å²) < 4.78 is 59.5. The number of hydrogen-bond donors (Lipinski definition) is 1. The van der Waals surface area contributed by atoms with Crippen LogP contribution in [0.5, 0.6) is 0 Å². The van der Waals surface area contributed by atoms with Gasteiger partial charge in [0.15, 0.2) is 0 Å². The minimum Gasteiger partial charge on any atom is -0.370 e. The second-order valence-corrected chi connectivity index (χ2v) is 12.7. The summed E-state index contributed by atoms with van der Waals surface area (Å²) in [6, 6.07) is 10.1. The lowest BCUT2D eigenvalue weighted by atomic mass is 9.91. The molecule has 1 atom stereocenters. The molecule has 0 aliphatic carbocycles. The van der Waals surface area contributed by atoms with Crippen molar-refractivity contribution >= 4 is 43.3 Å².